The van der Waals surface area contributed by atoms with Crippen molar-refractivity contribution in [3.63, 3.8) is 0 Å². The van der Waals surface area contributed by atoms with Gasteiger partial charge in [-0.1, -0.05) is 0 Å². The average molecular weight is 302 g/mol. The molecule has 0 aliphatic carbocycles. The van der Waals surface area contributed by atoms with Crippen LogP contribution < -0.4 is 8.92 Å². The van der Waals surface area contributed by atoms with Crippen LogP contribution in [0.25, 0.3) is 0 Å². The summed E-state index contributed by atoms with van der Waals surface area (Å²) in [5.74, 6) is 0. The van der Waals surface area contributed by atoms with E-state index in [1.807, 2.05) is 6.20 Å². The maximum atomic E-state index is 4.68. The first-order valence-corrected chi connectivity index (χ1v) is 7.97. The third-order valence-electron chi connectivity index (χ3n) is 3.78. The van der Waals surface area contributed by atoms with Gasteiger partial charge in [0.2, 0.25) is 0 Å². The van der Waals surface area contributed by atoms with E-state index >= 15 is 0 Å². The van der Waals surface area contributed by atoms with Crippen LogP contribution in [0.2, 0.25) is 0 Å². The van der Waals surface area contributed by atoms with Gasteiger partial charge >= 0.3 is 115 Å². The van der Waals surface area contributed by atoms with Crippen LogP contribution in [0.4, 0.5) is 0 Å². The fraction of sp³-hybridized carbons (Fsp3) is 0.312. The number of aryl methyl sites for hydroxylation is 2. The van der Waals surface area contributed by atoms with Crippen LogP contribution in [0.5, 0.6) is 0 Å². The summed E-state index contributed by atoms with van der Waals surface area (Å²) < 4.78 is 3.04. The van der Waals surface area contributed by atoms with E-state index in [2.05, 4.69) is 56.9 Å². The summed E-state index contributed by atoms with van der Waals surface area (Å²) >= 11 is 0.393. The van der Waals surface area contributed by atoms with Gasteiger partial charge in [-0.25, -0.2) is 0 Å². The minimum atomic E-state index is 0.0305. The molecule has 1 aromatic heterocycles. The molecular weight excluding hydrogens is 285 g/mol. The predicted octanol–water partition coefficient (Wildman–Crippen LogP) is 1.99. The van der Waals surface area contributed by atoms with E-state index in [0.717, 1.165) is 0 Å². The summed E-state index contributed by atoms with van der Waals surface area (Å²) in [6.07, 6.45) is 1.95. The molecule has 18 heavy (non-hydrogen) atoms. The van der Waals surface area contributed by atoms with Crippen molar-refractivity contribution in [2.75, 3.05) is 0 Å². The molecule has 0 saturated heterocycles. The van der Waals surface area contributed by atoms with Crippen LogP contribution >= 0.6 is 0 Å². The monoisotopic (exact) mass is 303 g/mol. The number of hydrogen-bond acceptors (Lipinski definition) is 1. The normalized spacial score (nSPS) is 16.0. The van der Waals surface area contributed by atoms with Crippen molar-refractivity contribution in [3.8, 4) is 0 Å². The van der Waals surface area contributed by atoms with Crippen molar-refractivity contribution in [1.82, 2.24) is 4.98 Å². The number of aromatic nitrogens is 1. The molecule has 92 valence electrons. The minimum absolute atomic E-state index is 0.0305. The van der Waals surface area contributed by atoms with Gasteiger partial charge in [0, 0.05) is 0 Å². The van der Waals surface area contributed by atoms with E-state index in [0.29, 0.717) is 15.0 Å². The van der Waals surface area contributed by atoms with Crippen LogP contribution in [0, 0.1) is 13.8 Å². The molecule has 0 bridgehead atoms. The van der Waals surface area contributed by atoms with E-state index < -0.39 is 0 Å². The topological polar surface area (TPSA) is 12.9 Å². The quantitative estimate of drug-likeness (QED) is 0.678. The second kappa shape index (κ2) is 3.94. The van der Waals surface area contributed by atoms with Gasteiger partial charge in [0.25, 0.3) is 0 Å². The van der Waals surface area contributed by atoms with Gasteiger partial charge < -0.3 is 0 Å². The number of fused-ring (bicyclic) bond motifs is 2. The molecule has 1 aliphatic rings. The molecule has 3 rings (SSSR count). The first kappa shape index (κ1) is 12.0. The molecule has 0 amide bonds. The third-order valence-corrected chi connectivity index (χ3v) is 6.86. The SMILES string of the molecule is Cc1cccc2c1[Se]c1c(C)ccnc1C2(C)C. The van der Waals surface area contributed by atoms with Crippen LogP contribution in [-0.2, 0) is 5.41 Å². The molecule has 1 aliphatic heterocycles. The Balaban J connectivity index is 2.33. The van der Waals surface area contributed by atoms with Crippen LogP contribution in [0.15, 0.2) is 30.5 Å². The van der Waals surface area contributed by atoms with Gasteiger partial charge in [-0.2, -0.15) is 0 Å². The molecule has 2 aromatic rings. The predicted molar refractivity (Wildman–Crippen MR) is 77.3 cm³/mol. The molecule has 0 atom stereocenters. The zero-order valence-electron chi connectivity index (χ0n) is 11.2. The summed E-state index contributed by atoms with van der Waals surface area (Å²) in [6, 6.07) is 8.82. The van der Waals surface area contributed by atoms with Crippen molar-refractivity contribution in [1.29, 1.82) is 0 Å². The van der Waals surface area contributed by atoms with Crippen molar-refractivity contribution in [2.45, 2.75) is 33.1 Å². The second-order valence-corrected chi connectivity index (χ2v) is 7.63. The maximum absolute atomic E-state index is 4.68. The molecule has 0 N–H and O–H groups in total. The van der Waals surface area contributed by atoms with Crippen molar-refractivity contribution < 1.29 is 0 Å². The molecule has 1 nitrogen and oxygen atoms in total. The van der Waals surface area contributed by atoms with Gasteiger partial charge in [0.05, 0.1) is 0 Å². The molecule has 0 spiro atoms. The summed E-state index contributed by atoms with van der Waals surface area (Å²) in [5, 5.41) is 0. The summed E-state index contributed by atoms with van der Waals surface area (Å²) in [6.45, 7) is 9.03. The Bertz CT molecular complexity index is 575. The Kier molecular flexibility index (Phi) is 2.62. The number of pyridine rings is 1. The van der Waals surface area contributed by atoms with Gasteiger partial charge in [0.1, 0.15) is 0 Å². The zero-order chi connectivity index (χ0) is 12.9. The van der Waals surface area contributed by atoms with Crippen LogP contribution in [-0.4, -0.2) is 19.9 Å². The Labute approximate surface area is 115 Å². The molecule has 0 saturated carbocycles. The molecule has 2 heterocycles. The molecule has 0 radical (unpaired) electrons. The zero-order valence-corrected chi connectivity index (χ0v) is 13.0. The van der Waals surface area contributed by atoms with E-state index in [4.69, 9.17) is 0 Å². The average Bonchev–Trinajstić information content (AvgIpc) is 2.32. The Hall–Kier alpha value is -1.11. The van der Waals surface area contributed by atoms with E-state index in [1.165, 1.54) is 26.8 Å². The van der Waals surface area contributed by atoms with Crippen LogP contribution in [0.3, 0.4) is 0 Å². The van der Waals surface area contributed by atoms with Gasteiger partial charge in [-0.15, -0.1) is 0 Å². The first-order chi connectivity index (χ1) is 8.51. The summed E-state index contributed by atoms with van der Waals surface area (Å²) in [7, 11) is 0. The molecule has 2 heteroatoms. The Morgan fingerprint density at radius 1 is 1.00 bits per heavy atom. The van der Waals surface area contributed by atoms with Gasteiger partial charge in [0.15, 0.2) is 0 Å². The number of rotatable bonds is 0. The van der Waals surface area contributed by atoms with Gasteiger partial charge in [-0.05, 0) is 0 Å². The molecule has 0 fully saturated rings. The fourth-order valence-corrected chi connectivity index (χ4v) is 5.78. The van der Waals surface area contributed by atoms with E-state index in [-0.39, 0.29) is 5.41 Å². The molecular formula is C16H17NSe. The Morgan fingerprint density at radius 3 is 2.50 bits per heavy atom. The number of hydrogen-bond donors (Lipinski definition) is 0. The number of nitrogens with zero attached hydrogens (tertiary/aromatic N) is 1. The first-order valence-electron chi connectivity index (χ1n) is 6.26. The van der Waals surface area contributed by atoms with E-state index in [9.17, 15) is 0 Å². The second-order valence-electron chi connectivity index (χ2n) is 5.48. The number of benzene rings is 1. The van der Waals surface area contributed by atoms with Crippen molar-refractivity contribution >= 4 is 23.9 Å². The Morgan fingerprint density at radius 2 is 1.72 bits per heavy atom. The standard InChI is InChI=1S/C16H17NSe/c1-10-6-5-7-12-13(10)18-14-11(2)8-9-17-15(14)16(12,3)4/h5-9H,1-4H3. The van der Waals surface area contributed by atoms with Gasteiger partial charge in [-0.3, -0.25) is 0 Å². The van der Waals surface area contributed by atoms with Crippen molar-refractivity contribution in [3.05, 3.63) is 52.8 Å². The van der Waals surface area contributed by atoms with E-state index in [1.54, 1.807) is 4.46 Å². The molecule has 1 aromatic carbocycles. The summed E-state index contributed by atoms with van der Waals surface area (Å²) in [5.41, 5.74) is 5.59. The fourth-order valence-electron chi connectivity index (χ4n) is 2.63. The third kappa shape index (κ3) is 1.56. The van der Waals surface area contributed by atoms with Crippen molar-refractivity contribution in [2.24, 2.45) is 0 Å². The van der Waals surface area contributed by atoms with Crippen LogP contribution in [0.1, 0.15) is 36.2 Å². The summed E-state index contributed by atoms with van der Waals surface area (Å²) in [4.78, 5) is 4.68. The molecule has 0 unspecified atom stereocenters.